The van der Waals surface area contributed by atoms with E-state index < -0.39 is 0 Å². The van der Waals surface area contributed by atoms with Crippen molar-refractivity contribution in [2.45, 2.75) is 78.2 Å². The summed E-state index contributed by atoms with van der Waals surface area (Å²) >= 11 is 0. The van der Waals surface area contributed by atoms with Gasteiger partial charge in [0.2, 0.25) is 0 Å². The van der Waals surface area contributed by atoms with E-state index in [1.54, 1.807) is 0 Å². The van der Waals surface area contributed by atoms with Gasteiger partial charge in [-0.05, 0) is 37.8 Å². The highest BCUT2D eigenvalue weighted by Gasteiger charge is 2.08. The molecule has 0 radical (unpaired) electrons. The third-order valence-electron chi connectivity index (χ3n) is 3.83. The van der Waals surface area contributed by atoms with Crippen molar-refractivity contribution in [1.29, 1.82) is 0 Å². The summed E-state index contributed by atoms with van der Waals surface area (Å²) in [4.78, 5) is 0. The summed E-state index contributed by atoms with van der Waals surface area (Å²) in [5.41, 5.74) is 8.38. The lowest BCUT2D eigenvalue weighted by Crippen LogP contribution is -2.18. The van der Waals surface area contributed by atoms with E-state index in [0.29, 0.717) is 0 Å². The van der Waals surface area contributed by atoms with Gasteiger partial charge in [-0.25, -0.2) is 0 Å². The normalized spacial score (nSPS) is 12.4. The molecule has 0 amide bonds. The molecule has 1 rings (SSSR count). The minimum Gasteiger partial charge on any atom is -0.493 e. The summed E-state index contributed by atoms with van der Waals surface area (Å²) in [5, 5.41) is 0. The van der Waals surface area contributed by atoms with E-state index in [1.165, 1.54) is 49.7 Å². The van der Waals surface area contributed by atoms with Crippen molar-refractivity contribution >= 4 is 0 Å². The van der Waals surface area contributed by atoms with Crippen LogP contribution in [0.5, 0.6) is 5.75 Å². The van der Waals surface area contributed by atoms with Crippen LogP contribution in [0.3, 0.4) is 0 Å². The van der Waals surface area contributed by atoms with Crippen LogP contribution in [0.2, 0.25) is 0 Å². The standard InChI is InChI=1S/C19H33NO/c1-4-5-6-7-8-9-10-14-21-19-16(2)12-11-13-18(19)15-17(3)20/h11-13,17H,4-10,14-15,20H2,1-3H3. The molecule has 0 bridgehead atoms. The Morgan fingerprint density at radius 2 is 1.71 bits per heavy atom. The third-order valence-corrected chi connectivity index (χ3v) is 3.83. The van der Waals surface area contributed by atoms with Crippen molar-refractivity contribution in [1.82, 2.24) is 0 Å². The van der Waals surface area contributed by atoms with E-state index in [1.807, 2.05) is 6.92 Å². The Balaban J connectivity index is 2.31. The summed E-state index contributed by atoms with van der Waals surface area (Å²) in [6.07, 6.45) is 10.1. The van der Waals surface area contributed by atoms with Crippen molar-refractivity contribution in [3.63, 3.8) is 0 Å². The van der Waals surface area contributed by atoms with Gasteiger partial charge < -0.3 is 10.5 Å². The monoisotopic (exact) mass is 291 g/mol. The van der Waals surface area contributed by atoms with Crippen molar-refractivity contribution in [3.05, 3.63) is 29.3 Å². The van der Waals surface area contributed by atoms with Gasteiger partial charge in [0.15, 0.2) is 0 Å². The Bertz CT molecular complexity index is 387. The highest BCUT2D eigenvalue weighted by molar-refractivity contribution is 5.41. The summed E-state index contributed by atoms with van der Waals surface area (Å²) in [5.74, 6) is 1.06. The number of aryl methyl sites for hydroxylation is 1. The van der Waals surface area contributed by atoms with Crippen LogP contribution in [0.25, 0.3) is 0 Å². The molecule has 0 spiro atoms. The minimum atomic E-state index is 0.174. The van der Waals surface area contributed by atoms with Crippen LogP contribution < -0.4 is 10.5 Å². The lowest BCUT2D eigenvalue weighted by Gasteiger charge is -2.15. The van der Waals surface area contributed by atoms with Crippen LogP contribution in [0, 0.1) is 6.92 Å². The van der Waals surface area contributed by atoms with Gasteiger partial charge in [0, 0.05) is 6.04 Å². The van der Waals surface area contributed by atoms with E-state index in [0.717, 1.165) is 25.2 Å². The van der Waals surface area contributed by atoms with Gasteiger partial charge in [0.1, 0.15) is 5.75 Å². The molecule has 1 aromatic rings. The average molecular weight is 291 g/mol. The number of hydrogen-bond acceptors (Lipinski definition) is 2. The minimum absolute atomic E-state index is 0.174. The second kappa shape index (κ2) is 10.7. The summed E-state index contributed by atoms with van der Waals surface area (Å²) in [6, 6.07) is 6.52. The molecule has 21 heavy (non-hydrogen) atoms. The number of unbranched alkanes of at least 4 members (excludes halogenated alkanes) is 6. The molecule has 0 aliphatic carbocycles. The molecular weight excluding hydrogens is 258 g/mol. The maximum absolute atomic E-state index is 6.04. The highest BCUT2D eigenvalue weighted by atomic mass is 16.5. The number of para-hydroxylation sites is 1. The fourth-order valence-corrected chi connectivity index (χ4v) is 2.66. The Kier molecular flexibility index (Phi) is 9.16. The van der Waals surface area contributed by atoms with E-state index >= 15 is 0 Å². The van der Waals surface area contributed by atoms with E-state index in [4.69, 9.17) is 10.5 Å². The third kappa shape index (κ3) is 7.52. The van der Waals surface area contributed by atoms with E-state index in [-0.39, 0.29) is 6.04 Å². The van der Waals surface area contributed by atoms with Gasteiger partial charge in [-0.2, -0.15) is 0 Å². The Hall–Kier alpha value is -1.02. The van der Waals surface area contributed by atoms with Gasteiger partial charge in [0.05, 0.1) is 6.61 Å². The fourth-order valence-electron chi connectivity index (χ4n) is 2.66. The Morgan fingerprint density at radius 3 is 2.38 bits per heavy atom. The number of ether oxygens (including phenoxy) is 1. The smallest absolute Gasteiger partial charge is 0.125 e. The van der Waals surface area contributed by atoms with Crippen LogP contribution in [0.1, 0.15) is 69.9 Å². The number of nitrogens with two attached hydrogens (primary N) is 1. The van der Waals surface area contributed by atoms with Crippen molar-refractivity contribution in [2.75, 3.05) is 6.61 Å². The zero-order chi connectivity index (χ0) is 15.5. The number of benzene rings is 1. The maximum Gasteiger partial charge on any atom is 0.125 e. The maximum atomic E-state index is 6.04. The highest BCUT2D eigenvalue weighted by Crippen LogP contribution is 2.25. The van der Waals surface area contributed by atoms with Crippen LogP contribution >= 0.6 is 0 Å². The molecule has 0 heterocycles. The molecule has 1 aromatic carbocycles. The van der Waals surface area contributed by atoms with Crippen LogP contribution in [-0.2, 0) is 6.42 Å². The lowest BCUT2D eigenvalue weighted by molar-refractivity contribution is 0.299. The molecular formula is C19H33NO. The lowest BCUT2D eigenvalue weighted by atomic mass is 10.0. The first-order valence-corrected chi connectivity index (χ1v) is 8.62. The molecule has 0 fully saturated rings. The quantitative estimate of drug-likeness (QED) is 0.581. The molecule has 0 saturated carbocycles. The first-order chi connectivity index (χ1) is 10.1. The first kappa shape index (κ1) is 18.0. The molecule has 1 atom stereocenters. The second-order valence-corrected chi connectivity index (χ2v) is 6.21. The van der Waals surface area contributed by atoms with Crippen LogP contribution in [0.4, 0.5) is 0 Å². The van der Waals surface area contributed by atoms with Gasteiger partial charge in [-0.15, -0.1) is 0 Å². The van der Waals surface area contributed by atoms with E-state index in [9.17, 15) is 0 Å². The largest absolute Gasteiger partial charge is 0.493 e. The summed E-state index contributed by atoms with van der Waals surface area (Å²) in [7, 11) is 0. The fraction of sp³-hybridized carbons (Fsp3) is 0.684. The van der Waals surface area contributed by atoms with Crippen molar-refractivity contribution in [2.24, 2.45) is 5.73 Å². The molecule has 1 unspecified atom stereocenters. The van der Waals surface area contributed by atoms with Gasteiger partial charge >= 0.3 is 0 Å². The van der Waals surface area contributed by atoms with Gasteiger partial charge in [0.25, 0.3) is 0 Å². The average Bonchev–Trinajstić information content (AvgIpc) is 2.43. The zero-order valence-electron chi connectivity index (χ0n) is 14.2. The Morgan fingerprint density at radius 1 is 1.05 bits per heavy atom. The molecule has 2 nitrogen and oxygen atoms in total. The SMILES string of the molecule is CCCCCCCCCOc1c(C)cccc1CC(C)N. The Labute approximate surface area is 131 Å². The van der Waals surface area contributed by atoms with Gasteiger partial charge in [-0.1, -0.05) is 63.6 Å². The molecule has 2 heteroatoms. The topological polar surface area (TPSA) is 35.2 Å². The zero-order valence-corrected chi connectivity index (χ0v) is 14.2. The molecule has 0 aliphatic rings. The van der Waals surface area contributed by atoms with Crippen LogP contribution in [0.15, 0.2) is 18.2 Å². The molecule has 0 aromatic heterocycles. The van der Waals surface area contributed by atoms with Crippen LogP contribution in [-0.4, -0.2) is 12.6 Å². The molecule has 0 aliphatic heterocycles. The molecule has 2 N–H and O–H groups in total. The van der Waals surface area contributed by atoms with Gasteiger partial charge in [-0.3, -0.25) is 0 Å². The van der Waals surface area contributed by atoms with E-state index in [2.05, 4.69) is 32.0 Å². The van der Waals surface area contributed by atoms with Crippen molar-refractivity contribution in [3.8, 4) is 5.75 Å². The second-order valence-electron chi connectivity index (χ2n) is 6.21. The molecule has 0 saturated heterocycles. The summed E-state index contributed by atoms with van der Waals surface area (Å²) in [6.45, 7) is 7.24. The summed E-state index contributed by atoms with van der Waals surface area (Å²) < 4.78 is 6.04. The predicted octanol–water partition coefficient (Wildman–Crippen LogP) is 5.01. The molecule has 120 valence electrons. The number of hydrogen-bond donors (Lipinski definition) is 1. The number of rotatable bonds is 11. The van der Waals surface area contributed by atoms with Crippen molar-refractivity contribution < 1.29 is 4.74 Å². The predicted molar refractivity (Wildman–Crippen MR) is 92.0 cm³/mol. The first-order valence-electron chi connectivity index (χ1n) is 8.62.